The summed E-state index contributed by atoms with van der Waals surface area (Å²) in [5.41, 5.74) is 0. The SMILES string of the molecule is CCCCCC/C=C\CCCCCCCC(=O)OCCCCCCCCCCCCCCCCCCCCCCCCCCCCCCC(=O)NC(CO)C(O)CCCCCCCCCCCC. The van der Waals surface area contributed by atoms with Gasteiger partial charge in [0.25, 0.3) is 0 Å². The molecule has 0 aliphatic rings. The molecule has 404 valence electrons. The fraction of sp³-hybridized carbons (Fsp3) is 0.935. The smallest absolute Gasteiger partial charge is 0.305 e. The van der Waals surface area contributed by atoms with Crippen molar-refractivity contribution in [2.75, 3.05) is 13.2 Å². The molecule has 68 heavy (non-hydrogen) atoms. The van der Waals surface area contributed by atoms with Crippen LogP contribution in [0.2, 0.25) is 0 Å². The molecule has 0 saturated carbocycles. The number of esters is 1. The van der Waals surface area contributed by atoms with Crippen LogP contribution in [0.5, 0.6) is 0 Å². The van der Waals surface area contributed by atoms with E-state index in [1.165, 1.54) is 270 Å². The summed E-state index contributed by atoms with van der Waals surface area (Å²) in [6.45, 7) is 4.94. The van der Waals surface area contributed by atoms with Crippen LogP contribution in [0, 0.1) is 0 Å². The van der Waals surface area contributed by atoms with Gasteiger partial charge in [-0.05, 0) is 51.4 Å². The molecule has 2 unspecified atom stereocenters. The van der Waals surface area contributed by atoms with Crippen LogP contribution in [0.15, 0.2) is 12.2 Å². The Hall–Kier alpha value is -1.40. The molecule has 2 atom stereocenters. The Balaban J connectivity index is 3.31. The van der Waals surface area contributed by atoms with Crippen LogP contribution in [-0.2, 0) is 14.3 Å². The molecule has 1 amide bonds. The maximum absolute atomic E-state index is 12.4. The lowest BCUT2D eigenvalue weighted by Crippen LogP contribution is -2.45. The Morgan fingerprint density at radius 2 is 0.691 bits per heavy atom. The predicted octanol–water partition coefficient (Wildman–Crippen LogP) is 19.2. The van der Waals surface area contributed by atoms with E-state index in [-0.39, 0.29) is 18.5 Å². The second-order valence-electron chi connectivity index (χ2n) is 21.4. The summed E-state index contributed by atoms with van der Waals surface area (Å²) in [5, 5.41) is 23.2. The molecule has 0 saturated heterocycles. The van der Waals surface area contributed by atoms with Crippen LogP contribution < -0.4 is 5.32 Å². The van der Waals surface area contributed by atoms with Crippen molar-refractivity contribution in [3.05, 3.63) is 12.2 Å². The first-order valence-corrected chi connectivity index (χ1v) is 30.9. The van der Waals surface area contributed by atoms with Gasteiger partial charge in [0.2, 0.25) is 5.91 Å². The summed E-state index contributed by atoms with van der Waals surface area (Å²) in [6.07, 6.45) is 69.5. The Bertz CT molecular complexity index is 1020. The summed E-state index contributed by atoms with van der Waals surface area (Å²) in [6, 6.07) is -0.536. The molecule has 0 rings (SSSR count). The quantitative estimate of drug-likeness (QED) is 0.0321. The summed E-state index contributed by atoms with van der Waals surface area (Å²) in [4.78, 5) is 24.5. The highest BCUT2D eigenvalue weighted by Crippen LogP contribution is 2.18. The number of amides is 1. The Labute approximate surface area is 425 Å². The van der Waals surface area contributed by atoms with Gasteiger partial charge in [-0.25, -0.2) is 0 Å². The first kappa shape index (κ1) is 66.6. The lowest BCUT2D eigenvalue weighted by Gasteiger charge is -2.22. The highest BCUT2D eigenvalue weighted by Gasteiger charge is 2.20. The van der Waals surface area contributed by atoms with Gasteiger partial charge in [-0.3, -0.25) is 9.59 Å². The van der Waals surface area contributed by atoms with Crippen LogP contribution in [0.1, 0.15) is 348 Å². The normalized spacial score (nSPS) is 12.6. The molecule has 0 aliphatic carbocycles. The van der Waals surface area contributed by atoms with E-state index in [9.17, 15) is 19.8 Å². The van der Waals surface area contributed by atoms with Gasteiger partial charge in [0, 0.05) is 12.8 Å². The van der Waals surface area contributed by atoms with E-state index in [0.29, 0.717) is 25.9 Å². The van der Waals surface area contributed by atoms with Crippen molar-refractivity contribution in [1.82, 2.24) is 5.32 Å². The zero-order valence-electron chi connectivity index (χ0n) is 46.1. The first-order valence-electron chi connectivity index (χ1n) is 30.9. The third kappa shape index (κ3) is 53.9. The van der Waals surface area contributed by atoms with E-state index in [0.717, 1.165) is 44.9 Å². The predicted molar refractivity (Wildman–Crippen MR) is 297 cm³/mol. The molecule has 0 spiro atoms. The van der Waals surface area contributed by atoms with Crippen LogP contribution in [-0.4, -0.2) is 47.4 Å². The number of hydrogen-bond donors (Lipinski definition) is 3. The molecule has 0 aromatic heterocycles. The van der Waals surface area contributed by atoms with Crippen LogP contribution in [0.25, 0.3) is 0 Å². The van der Waals surface area contributed by atoms with E-state index in [2.05, 4.69) is 31.3 Å². The minimum Gasteiger partial charge on any atom is -0.466 e. The van der Waals surface area contributed by atoms with Gasteiger partial charge in [0.05, 0.1) is 25.4 Å². The number of allylic oxidation sites excluding steroid dienone is 2. The van der Waals surface area contributed by atoms with Gasteiger partial charge in [-0.1, -0.05) is 296 Å². The van der Waals surface area contributed by atoms with Gasteiger partial charge >= 0.3 is 5.97 Å². The maximum Gasteiger partial charge on any atom is 0.305 e. The first-order chi connectivity index (χ1) is 33.5. The van der Waals surface area contributed by atoms with E-state index in [1.54, 1.807) is 0 Å². The van der Waals surface area contributed by atoms with Crippen molar-refractivity contribution >= 4 is 11.9 Å². The number of unbranched alkanes of at least 4 members (excludes halogenated alkanes) is 45. The number of carbonyl (C=O) groups is 2. The van der Waals surface area contributed by atoms with Gasteiger partial charge in [0.1, 0.15) is 0 Å². The topological polar surface area (TPSA) is 95.9 Å². The van der Waals surface area contributed by atoms with Gasteiger partial charge < -0.3 is 20.3 Å². The van der Waals surface area contributed by atoms with Gasteiger partial charge in [-0.15, -0.1) is 0 Å². The molecule has 0 heterocycles. The molecule has 0 bridgehead atoms. The highest BCUT2D eigenvalue weighted by atomic mass is 16.5. The molecule has 6 heteroatoms. The molecular formula is C62H121NO5. The van der Waals surface area contributed by atoms with Crippen molar-refractivity contribution in [3.63, 3.8) is 0 Å². The average molecular weight is 961 g/mol. The lowest BCUT2D eigenvalue weighted by atomic mass is 10.0. The number of nitrogens with one attached hydrogen (secondary N) is 1. The third-order valence-electron chi connectivity index (χ3n) is 14.6. The number of carbonyl (C=O) groups excluding carboxylic acids is 2. The number of aliphatic hydroxyl groups is 2. The zero-order valence-corrected chi connectivity index (χ0v) is 46.1. The molecule has 0 aromatic carbocycles. The number of hydrogen-bond acceptors (Lipinski definition) is 5. The molecule has 0 radical (unpaired) electrons. The molecule has 0 fully saturated rings. The van der Waals surface area contributed by atoms with E-state index >= 15 is 0 Å². The van der Waals surface area contributed by atoms with Crippen LogP contribution in [0.3, 0.4) is 0 Å². The minimum absolute atomic E-state index is 0.00987. The Kier molecular flexibility index (Phi) is 57.0. The highest BCUT2D eigenvalue weighted by molar-refractivity contribution is 5.76. The van der Waals surface area contributed by atoms with Crippen molar-refractivity contribution in [2.45, 2.75) is 360 Å². The fourth-order valence-corrected chi connectivity index (χ4v) is 9.81. The second kappa shape index (κ2) is 58.2. The summed E-state index contributed by atoms with van der Waals surface area (Å²) in [5.74, 6) is -0.0221. The number of ether oxygens (including phenoxy) is 1. The van der Waals surface area contributed by atoms with E-state index in [4.69, 9.17) is 4.74 Å². The Morgan fingerprint density at radius 1 is 0.397 bits per heavy atom. The van der Waals surface area contributed by atoms with Crippen molar-refractivity contribution in [1.29, 1.82) is 0 Å². The molecule has 0 aliphatic heterocycles. The van der Waals surface area contributed by atoms with Gasteiger partial charge in [-0.2, -0.15) is 0 Å². The summed E-state index contributed by atoms with van der Waals surface area (Å²) < 4.78 is 5.48. The summed E-state index contributed by atoms with van der Waals surface area (Å²) >= 11 is 0. The maximum atomic E-state index is 12.4. The molecule has 3 N–H and O–H groups in total. The van der Waals surface area contributed by atoms with Crippen molar-refractivity contribution < 1.29 is 24.5 Å². The zero-order chi connectivity index (χ0) is 49.3. The molecular weight excluding hydrogens is 839 g/mol. The largest absolute Gasteiger partial charge is 0.466 e. The monoisotopic (exact) mass is 960 g/mol. The van der Waals surface area contributed by atoms with Gasteiger partial charge in [0.15, 0.2) is 0 Å². The lowest BCUT2D eigenvalue weighted by molar-refractivity contribution is -0.143. The Morgan fingerprint density at radius 3 is 1.06 bits per heavy atom. The fourth-order valence-electron chi connectivity index (χ4n) is 9.81. The second-order valence-corrected chi connectivity index (χ2v) is 21.4. The molecule has 0 aromatic rings. The molecule has 6 nitrogen and oxygen atoms in total. The van der Waals surface area contributed by atoms with Crippen LogP contribution in [0.4, 0.5) is 0 Å². The minimum atomic E-state index is -0.659. The number of aliphatic hydroxyl groups excluding tert-OH is 2. The van der Waals surface area contributed by atoms with Crippen molar-refractivity contribution in [2.24, 2.45) is 0 Å². The van der Waals surface area contributed by atoms with Crippen molar-refractivity contribution in [3.8, 4) is 0 Å². The summed E-state index contributed by atoms with van der Waals surface area (Å²) in [7, 11) is 0. The standard InChI is InChI=1S/C62H121NO5/c1-3-5-7-9-11-13-15-32-36-40-44-48-52-56-62(67)68-57-53-49-45-41-37-34-31-29-27-25-23-21-19-17-16-18-20-22-24-26-28-30-33-35-39-43-47-51-55-61(66)63-59(58-64)60(65)54-50-46-42-38-14-12-10-8-6-4-2/h13,15,59-60,64-65H,3-12,14,16-58H2,1-2H3,(H,63,66)/b15-13-. The number of rotatable bonds is 58. The average Bonchev–Trinajstić information content (AvgIpc) is 3.34. The van der Waals surface area contributed by atoms with E-state index < -0.39 is 12.1 Å². The van der Waals surface area contributed by atoms with E-state index in [1.807, 2.05) is 0 Å². The van der Waals surface area contributed by atoms with Crippen LogP contribution >= 0.6 is 0 Å². The third-order valence-corrected chi connectivity index (χ3v) is 14.6.